The predicted octanol–water partition coefficient (Wildman–Crippen LogP) is 6.76. The fourth-order valence-electron chi connectivity index (χ4n) is 8.28. The van der Waals surface area contributed by atoms with Crippen LogP contribution in [0.5, 0.6) is 0 Å². The first kappa shape index (κ1) is 43.3. The number of carbonyl (C=O) groups is 1. The molecule has 0 spiro atoms. The zero-order chi connectivity index (χ0) is 45.9. The van der Waals surface area contributed by atoms with Crippen molar-refractivity contribution in [1.82, 2.24) is 44.4 Å². The molecular weight excluding hydrogens is 914 g/mol. The monoisotopic (exact) mass is 946 g/mol. The number of fused-ring (bicyclic) bond motifs is 5. The zero-order valence-electron chi connectivity index (χ0n) is 33.7. The number of carbonyl (C=O) groups excluding carboxylic acids is 1. The molecule has 5 heterocycles. The summed E-state index contributed by atoms with van der Waals surface area (Å²) in [6, 6.07) is 6.55. The average Bonchev–Trinajstić information content (AvgIpc) is 3.41. The lowest BCUT2D eigenvalue weighted by molar-refractivity contribution is -0.123. The largest absolute Gasteiger partial charge is 0.383 e. The van der Waals surface area contributed by atoms with Crippen LogP contribution in [-0.4, -0.2) is 64.8 Å². The number of sulfonamides is 1. The van der Waals surface area contributed by atoms with Crippen LogP contribution < -0.4 is 15.6 Å². The van der Waals surface area contributed by atoms with Crippen LogP contribution in [0.15, 0.2) is 52.6 Å². The van der Waals surface area contributed by atoms with Crippen molar-refractivity contribution in [3.05, 3.63) is 108 Å². The molecule has 3 atom stereocenters. The van der Waals surface area contributed by atoms with Crippen molar-refractivity contribution in [3.8, 4) is 17.1 Å². The lowest BCUT2D eigenvalue weighted by atomic mass is 10.0. The number of amides is 1. The molecule has 0 bridgehead atoms. The van der Waals surface area contributed by atoms with E-state index in [0.29, 0.717) is 21.4 Å². The van der Waals surface area contributed by atoms with Gasteiger partial charge in [-0.3, -0.25) is 28.2 Å². The summed E-state index contributed by atoms with van der Waals surface area (Å²) in [5, 5.41) is 23.1. The fourth-order valence-corrected chi connectivity index (χ4v) is 9.85. The first-order valence-electron chi connectivity index (χ1n) is 19.3. The Morgan fingerprint density at radius 1 is 1.06 bits per heavy atom. The Morgan fingerprint density at radius 3 is 2.44 bits per heavy atom. The number of halogens is 7. The van der Waals surface area contributed by atoms with Gasteiger partial charge in [-0.2, -0.15) is 19.0 Å². The van der Waals surface area contributed by atoms with Gasteiger partial charge in [0, 0.05) is 36.4 Å². The molecule has 0 aliphatic heterocycles. The normalized spacial score (nSPS) is 17.3. The third-order valence-corrected chi connectivity index (χ3v) is 13.0. The lowest BCUT2D eigenvalue weighted by Gasteiger charge is -2.24. The molecule has 0 unspecified atom stereocenters. The summed E-state index contributed by atoms with van der Waals surface area (Å²) >= 11 is 7.77. The molecule has 24 heteroatoms. The van der Waals surface area contributed by atoms with Gasteiger partial charge in [-0.1, -0.05) is 11.6 Å². The first-order chi connectivity index (χ1) is 30.0. The van der Waals surface area contributed by atoms with Gasteiger partial charge in [-0.25, -0.2) is 40.9 Å². The summed E-state index contributed by atoms with van der Waals surface area (Å²) in [6.45, 7) is 2.07. The molecular formula is C40H33ClF6N10O5S2. The molecule has 2 aromatic carbocycles. The third-order valence-electron chi connectivity index (χ3n) is 11.0. The second-order valence-corrected chi connectivity index (χ2v) is 19.2. The van der Waals surface area contributed by atoms with Crippen LogP contribution in [0, 0.1) is 17.6 Å². The summed E-state index contributed by atoms with van der Waals surface area (Å²) < 4.78 is 119. The Morgan fingerprint density at radius 2 is 1.78 bits per heavy atom. The highest BCUT2D eigenvalue weighted by Gasteiger charge is 2.67. The quantitative estimate of drug-likeness (QED) is 0.110. The van der Waals surface area contributed by atoms with Crippen LogP contribution >= 0.6 is 22.9 Å². The van der Waals surface area contributed by atoms with Crippen LogP contribution in [0.1, 0.15) is 72.0 Å². The third kappa shape index (κ3) is 7.56. The Labute approximate surface area is 366 Å². The zero-order valence-corrected chi connectivity index (χ0v) is 36.1. The Balaban J connectivity index is 1.26. The molecule has 1 fully saturated rings. The summed E-state index contributed by atoms with van der Waals surface area (Å²) in [5.74, 6) is -9.29. The van der Waals surface area contributed by atoms with E-state index in [0.717, 1.165) is 34.3 Å². The number of aromatic nitrogens is 8. The van der Waals surface area contributed by atoms with Crippen molar-refractivity contribution in [3.63, 3.8) is 0 Å². The molecule has 2 aliphatic carbocycles. The van der Waals surface area contributed by atoms with Crippen molar-refractivity contribution in [2.75, 3.05) is 11.0 Å². The molecule has 15 nitrogen and oxygen atoms in total. The van der Waals surface area contributed by atoms with Crippen LogP contribution in [0.4, 0.5) is 32.2 Å². The number of hydrogen-bond donors (Lipinski definition) is 3. The number of aryl methyl sites for hydroxylation is 1. The van der Waals surface area contributed by atoms with Crippen molar-refractivity contribution >= 4 is 66.6 Å². The summed E-state index contributed by atoms with van der Waals surface area (Å²) in [4.78, 5) is 43.0. The highest BCUT2D eigenvalue weighted by Crippen LogP contribution is 2.68. The number of anilines is 1. The fraction of sp³-hybridized carbons (Fsp3) is 0.325. The maximum Gasteiger partial charge on any atom is 0.293 e. The molecule has 1 saturated carbocycles. The molecule has 1 amide bonds. The number of nitrogens with zero attached hydrogens (tertiary/aromatic N) is 8. The van der Waals surface area contributed by atoms with E-state index < -0.39 is 93.3 Å². The number of benzene rings is 2. The summed E-state index contributed by atoms with van der Waals surface area (Å²) in [6.07, 6.45) is -2.87. The molecule has 334 valence electrons. The highest BCUT2D eigenvalue weighted by molar-refractivity contribution is 7.92. The number of pyridine rings is 1. The molecule has 0 saturated heterocycles. The predicted molar refractivity (Wildman–Crippen MR) is 222 cm³/mol. The van der Waals surface area contributed by atoms with Gasteiger partial charge in [-0.05, 0) is 68.1 Å². The molecule has 2 aliphatic rings. The van der Waals surface area contributed by atoms with Gasteiger partial charge >= 0.3 is 0 Å². The number of hydrogen-bond acceptors (Lipinski definition) is 11. The van der Waals surface area contributed by atoms with E-state index in [9.17, 15) is 35.9 Å². The number of aliphatic hydroxyl groups is 1. The van der Waals surface area contributed by atoms with Gasteiger partial charge in [0.05, 0.1) is 45.0 Å². The second kappa shape index (κ2) is 15.1. The van der Waals surface area contributed by atoms with Crippen molar-refractivity contribution in [1.29, 1.82) is 0 Å². The topological polar surface area (TPSA) is 192 Å². The minimum atomic E-state index is -3.93. The minimum Gasteiger partial charge on any atom is -0.383 e. The number of rotatable bonds is 12. The molecule has 9 rings (SSSR count). The Hall–Kier alpha value is -5.91. The molecule has 0 radical (unpaired) electrons. The van der Waals surface area contributed by atoms with Crippen molar-refractivity contribution < 1.29 is 44.7 Å². The van der Waals surface area contributed by atoms with Crippen LogP contribution in [0.2, 0.25) is 5.02 Å². The van der Waals surface area contributed by atoms with Crippen molar-refractivity contribution in [2.45, 2.75) is 63.1 Å². The van der Waals surface area contributed by atoms with Gasteiger partial charge in [0.1, 0.15) is 51.7 Å². The summed E-state index contributed by atoms with van der Waals surface area (Å²) in [5.41, 5.74) is -3.84. The lowest BCUT2D eigenvalue weighted by Crippen LogP contribution is -2.38. The molecule has 5 aromatic heterocycles. The molecule has 64 heavy (non-hydrogen) atoms. The van der Waals surface area contributed by atoms with Crippen LogP contribution in [-0.2, 0) is 46.4 Å². The molecule has 7 aromatic rings. The Kier molecular flexibility index (Phi) is 10.2. The molecule has 3 N–H and O–H groups in total. The van der Waals surface area contributed by atoms with E-state index in [1.165, 1.54) is 36.0 Å². The number of nitrogens with one attached hydrogen (secondary N) is 2. The van der Waals surface area contributed by atoms with Gasteiger partial charge in [0.2, 0.25) is 15.9 Å². The standard InChI is InChI=1S/C40H33ClF6N10O5S2/c1-39(2,60)38-50-25(15-63-38)23-7-5-19-34(49-23)51-36(57(37(19)59)26-8-6-22(41)29-31(26)55(3)53-35(29)54-64(4,61)62)24(11-16-9-17(42)12-18(43)10-16)48-27(58)14-56-32-28(30(52-56)33(44)45)20-13-21(20)40(32,46)47/h5-10,12,15,20-21,24,33,60H,11,13-14H2,1-4H3,(H,48,58)(H,53,54)/t20-,21+,24-/m0/s1. The highest BCUT2D eigenvalue weighted by atomic mass is 35.5. The van der Waals surface area contributed by atoms with Gasteiger partial charge < -0.3 is 10.4 Å². The smallest absolute Gasteiger partial charge is 0.293 e. The van der Waals surface area contributed by atoms with Gasteiger partial charge in [0.25, 0.3) is 17.9 Å². The van der Waals surface area contributed by atoms with E-state index in [2.05, 4.69) is 30.2 Å². The maximum atomic E-state index is 15.5. The van der Waals surface area contributed by atoms with E-state index >= 15 is 13.6 Å². The van der Waals surface area contributed by atoms with E-state index in [-0.39, 0.29) is 67.5 Å². The Bertz CT molecular complexity index is 3260. The average molecular weight is 947 g/mol. The van der Waals surface area contributed by atoms with E-state index in [1.54, 1.807) is 19.2 Å². The van der Waals surface area contributed by atoms with Crippen LogP contribution in [0.25, 0.3) is 39.0 Å². The SMILES string of the molecule is Cn1nc(NS(C)(=O)=O)c2c(Cl)ccc(-n3c([C@H](Cc4cc(F)cc(F)c4)NC(=O)Cn4nc(C(F)F)c5c4C(F)(F)[C@@H]4C[C@H]54)nc4nc(-c5csc(C(C)(C)O)n5)ccc4c3=O)c21. The number of thiazole rings is 1. The first-order valence-corrected chi connectivity index (χ1v) is 22.4. The minimum absolute atomic E-state index is 0.00536. The number of alkyl halides is 4. The second-order valence-electron chi connectivity index (χ2n) is 16.2. The van der Waals surface area contributed by atoms with Crippen molar-refractivity contribution in [2.24, 2.45) is 13.0 Å². The van der Waals surface area contributed by atoms with E-state index in [4.69, 9.17) is 16.6 Å². The maximum absolute atomic E-state index is 15.5. The van der Waals surface area contributed by atoms with Gasteiger partial charge in [-0.15, -0.1) is 11.3 Å². The summed E-state index contributed by atoms with van der Waals surface area (Å²) in [7, 11) is -2.50. The van der Waals surface area contributed by atoms with Gasteiger partial charge in [0.15, 0.2) is 11.5 Å². The van der Waals surface area contributed by atoms with E-state index in [1.807, 2.05) is 0 Å². The van der Waals surface area contributed by atoms with Crippen LogP contribution in [0.3, 0.4) is 0 Å².